The van der Waals surface area contributed by atoms with E-state index in [-0.39, 0.29) is 5.56 Å². The summed E-state index contributed by atoms with van der Waals surface area (Å²) in [6, 6.07) is 6.33. The summed E-state index contributed by atoms with van der Waals surface area (Å²) in [5.41, 5.74) is 1.49. The van der Waals surface area contributed by atoms with E-state index in [9.17, 15) is 4.39 Å². The summed E-state index contributed by atoms with van der Waals surface area (Å²) >= 11 is 0. The van der Waals surface area contributed by atoms with Gasteiger partial charge in [0.15, 0.2) is 0 Å². The van der Waals surface area contributed by atoms with Crippen LogP contribution in [0.5, 0.6) is 0 Å². The number of rotatable bonds is 3. The first kappa shape index (κ1) is 10.3. The number of benzene rings is 1. The third-order valence-corrected chi connectivity index (χ3v) is 1.71. The lowest BCUT2D eigenvalue weighted by molar-refractivity contribution is 0.624. The Balaban J connectivity index is 2.92. The zero-order valence-corrected chi connectivity index (χ0v) is 7.97. The van der Waals surface area contributed by atoms with E-state index in [2.05, 4.69) is 11.9 Å². The van der Waals surface area contributed by atoms with Gasteiger partial charge in [-0.05, 0) is 19.1 Å². The highest BCUT2D eigenvalue weighted by Gasteiger charge is 2.06. The number of halogens is 1. The van der Waals surface area contributed by atoms with Crippen LogP contribution in [0, 0.1) is 17.1 Å². The first-order chi connectivity index (χ1) is 6.65. The second-order valence-electron chi connectivity index (χ2n) is 3.08. The van der Waals surface area contributed by atoms with Gasteiger partial charge in [0, 0.05) is 6.54 Å². The number of hydrogen-bond donors (Lipinski definition) is 1. The Kier molecular flexibility index (Phi) is 3.24. The van der Waals surface area contributed by atoms with Gasteiger partial charge in [-0.15, -0.1) is 0 Å². The van der Waals surface area contributed by atoms with Gasteiger partial charge in [0.25, 0.3) is 0 Å². The van der Waals surface area contributed by atoms with Crippen molar-refractivity contribution in [2.75, 3.05) is 11.9 Å². The summed E-state index contributed by atoms with van der Waals surface area (Å²) in [6.45, 7) is 6.11. The van der Waals surface area contributed by atoms with Crippen LogP contribution < -0.4 is 5.32 Å². The third kappa shape index (κ3) is 2.33. The smallest absolute Gasteiger partial charge is 0.143 e. The van der Waals surface area contributed by atoms with Crippen molar-refractivity contribution in [2.24, 2.45) is 0 Å². The maximum atomic E-state index is 13.1. The van der Waals surface area contributed by atoms with Gasteiger partial charge in [-0.3, -0.25) is 0 Å². The second kappa shape index (κ2) is 4.43. The van der Waals surface area contributed by atoms with E-state index < -0.39 is 5.82 Å². The number of anilines is 1. The largest absolute Gasteiger partial charge is 0.380 e. The quantitative estimate of drug-likeness (QED) is 0.744. The molecule has 3 heteroatoms. The molecule has 0 atom stereocenters. The number of nitrogens with zero attached hydrogens (tertiary/aromatic N) is 1. The summed E-state index contributed by atoms with van der Waals surface area (Å²) in [6.07, 6.45) is 0. The van der Waals surface area contributed by atoms with Crippen LogP contribution in [-0.4, -0.2) is 6.54 Å². The zero-order chi connectivity index (χ0) is 10.6. The summed E-state index contributed by atoms with van der Waals surface area (Å²) in [7, 11) is 0. The van der Waals surface area contributed by atoms with Crippen molar-refractivity contribution in [3.63, 3.8) is 0 Å². The molecule has 0 amide bonds. The Morgan fingerprint density at radius 3 is 2.93 bits per heavy atom. The molecule has 0 aliphatic heterocycles. The predicted molar refractivity (Wildman–Crippen MR) is 54.4 cm³/mol. The normalized spacial score (nSPS) is 9.21. The molecule has 0 aliphatic carbocycles. The van der Waals surface area contributed by atoms with Gasteiger partial charge in [-0.1, -0.05) is 18.2 Å². The third-order valence-electron chi connectivity index (χ3n) is 1.71. The van der Waals surface area contributed by atoms with E-state index in [0.717, 1.165) is 5.57 Å². The Labute approximate surface area is 82.7 Å². The van der Waals surface area contributed by atoms with E-state index in [1.807, 2.05) is 13.0 Å². The summed E-state index contributed by atoms with van der Waals surface area (Å²) in [5.74, 6) is -0.501. The molecule has 72 valence electrons. The molecular formula is C11H11FN2. The summed E-state index contributed by atoms with van der Waals surface area (Å²) in [4.78, 5) is 0. The van der Waals surface area contributed by atoms with Crippen LogP contribution in [0.4, 0.5) is 10.1 Å². The lowest BCUT2D eigenvalue weighted by Gasteiger charge is -2.07. The van der Waals surface area contributed by atoms with Crippen LogP contribution in [0.25, 0.3) is 0 Å². The van der Waals surface area contributed by atoms with Crippen molar-refractivity contribution in [3.8, 4) is 6.07 Å². The van der Waals surface area contributed by atoms with Gasteiger partial charge in [0.2, 0.25) is 0 Å². The molecule has 0 aliphatic rings. The van der Waals surface area contributed by atoms with Crippen molar-refractivity contribution < 1.29 is 4.39 Å². The highest BCUT2D eigenvalue weighted by atomic mass is 19.1. The van der Waals surface area contributed by atoms with Crippen molar-refractivity contribution in [2.45, 2.75) is 6.92 Å². The molecule has 0 saturated heterocycles. The minimum Gasteiger partial charge on any atom is -0.380 e. The molecule has 1 aromatic carbocycles. The topological polar surface area (TPSA) is 35.8 Å². The number of nitriles is 1. The Bertz CT molecular complexity index is 391. The lowest BCUT2D eigenvalue weighted by Crippen LogP contribution is -2.04. The summed E-state index contributed by atoms with van der Waals surface area (Å²) < 4.78 is 13.1. The SMILES string of the molecule is C=C(C)CNc1cccc(F)c1C#N. The highest BCUT2D eigenvalue weighted by molar-refractivity contribution is 5.58. The minimum absolute atomic E-state index is 0.0498. The fraction of sp³-hybridized carbons (Fsp3) is 0.182. The average molecular weight is 190 g/mol. The van der Waals surface area contributed by atoms with E-state index in [1.54, 1.807) is 12.1 Å². The minimum atomic E-state index is -0.501. The fourth-order valence-electron chi connectivity index (χ4n) is 1.03. The molecule has 1 N–H and O–H groups in total. The molecule has 0 radical (unpaired) electrons. The molecule has 14 heavy (non-hydrogen) atoms. The van der Waals surface area contributed by atoms with Gasteiger partial charge in [0.05, 0.1) is 5.69 Å². The monoisotopic (exact) mass is 190 g/mol. The molecule has 0 unspecified atom stereocenters. The highest BCUT2D eigenvalue weighted by Crippen LogP contribution is 2.17. The van der Waals surface area contributed by atoms with Crippen LogP contribution >= 0.6 is 0 Å². The molecule has 0 saturated carbocycles. The lowest BCUT2D eigenvalue weighted by atomic mass is 10.2. The number of nitrogens with one attached hydrogen (secondary N) is 1. The fourth-order valence-corrected chi connectivity index (χ4v) is 1.03. The van der Waals surface area contributed by atoms with Crippen molar-refractivity contribution in [1.29, 1.82) is 5.26 Å². The van der Waals surface area contributed by atoms with Gasteiger partial charge in [-0.25, -0.2) is 4.39 Å². The average Bonchev–Trinajstić information content (AvgIpc) is 2.14. The van der Waals surface area contributed by atoms with Crippen molar-refractivity contribution >= 4 is 5.69 Å². The molecular weight excluding hydrogens is 179 g/mol. The van der Waals surface area contributed by atoms with Crippen molar-refractivity contribution in [1.82, 2.24) is 0 Å². The van der Waals surface area contributed by atoms with E-state index in [0.29, 0.717) is 12.2 Å². The van der Waals surface area contributed by atoms with Crippen LogP contribution in [0.3, 0.4) is 0 Å². The Morgan fingerprint density at radius 1 is 1.64 bits per heavy atom. The zero-order valence-electron chi connectivity index (χ0n) is 7.97. The van der Waals surface area contributed by atoms with Gasteiger partial charge < -0.3 is 5.32 Å². The molecule has 0 spiro atoms. The Hall–Kier alpha value is -1.82. The van der Waals surface area contributed by atoms with Gasteiger partial charge in [0.1, 0.15) is 17.4 Å². The molecule has 1 rings (SSSR count). The molecule has 0 fully saturated rings. The second-order valence-corrected chi connectivity index (χ2v) is 3.08. The standard InChI is InChI=1S/C11H11FN2/c1-8(2)7-14-11-5-3-4-10(12)9(11)6-13/h3-5,14H,1,7H2,2H3. The molecule has 0 bridgehead atoms. The molecule has 0 heterocycles. The van der Waals surface area contributed by atoms with Crippen molar-refractivity contribution in [3.05, 3.63) is 41.7 Å². The first-order valence-corrected chi connectivity index (χ1v) is 4.22. The molecule has 0 aromatic heterocycles. The predicted octanol–water partition coefficient (Wildman–Crippen LogP) is 2.69. The number of hydrogen-bond acceptors (Lipinski definition) is 2. The maximum absolute atomic E-state index is 13.1. The summed E-state index contributed by atoms with van der Waals surface area (Å²) in [5, 5.41) is 11.7. The van der Waals surface area contributed by atoms with E-state index >= 15 is 0 Å². The van der Waals surface area contributed by atoms with E-state index in [4.69, 9.17) is 5.26 Å². The molecule has 1 aromatic rings. The molecule has 2 nitrogen and oxygen atoms in total. The maximum Gasteiger partial charge on any atom is 0.143 e. The first-order valence-electron chi connectivity index (χ1n) is 4.22. The van der Waals surface area contributed by atoms with Gasteiger partial charge in [-0.2, -0.15) is 5.26 Å². The van der Waals surface area contributed by atoms with Gasteiger partial charge >= 0.3 is 0 Å². The van der Waals surface area contributed by atoms with Crippen LogP contribution in [0.15, 0.2) is 30.4 Å². The van der Waals surface area contributed by atoms with Crippen LogP contribution in [0.2, 0.25) is 0 Å². The van der Waals surface area contributed by atoms with Crippen LogP contribution in [0.1, 0.15) is 12.5 Å². The Morgan fingerprint density at radius 2 is 2.36 bits per heavy atom. The van der Waals surface area contributed by atoms with E-state index in [1.165, 1.54) is 6.07 Å². The van der Waals surface area contributed by atoms with Crippen LogP contribution in [-0.2, 0) is 0 Å².